The number of carbonyl (C=O) groups is 1. The first-order chi connectivity index (χ1) is 16.0. The second kappa shape index (κ2) is 9.77. The monoisotopic (exact) mass is 443 g/mol. The van der Waals surface area contributed by atoms with Crippen molar-refractivity contribution in [2.24, 2.45) is 4.99 Å². The van der Waals surface area contributed by atoms with Gasteiger partial charge in [-0.3, -0.25) is 4.99 Å². The molecule has 0 amide bonds. The number of hydrogen-bond acceptors (Lipinski definition) is 5. The van der Waals surface area contributed by atoms with E-state index in [1.165, 1.54) is 23.4 Å². The van der Waals surface area contributed by atoms with Crippen LogP contribution in [0.25, 0.3) is 11.0 Å². The van der Waals surface area contributed by atoms with Crippen molar-refractivity contribution in [1.82, 2.24) is 5.32 Å². The van der Waals surface area contributed by atoms with Gasteiger partial charge in [-0.2, -0.15) is 0 Å². The molecule has 0 saturated carbocycles. The Kier molecular flexibility index (Phi) is 6.63. The van der Waals surface area contributed by atoms with Crippen LogP contribution in [0.15, 0.2) is 81.7 Å². The molecule has 0 aliphatic heterocycles. The van der Waals surface area contributed by atoms with E-state index in [1.54, 1.807) is 13.2 Å². The molecule has 0 bridgehead atoms. The standard InChI is InChI=1S/C27H29N3O3/c1-18(24(27(31)32)11-13-28-2)29-17-21-6-4-5-20-15-22(9-10-25(20)21)30(3)23-8-7-19-12-14-33-26(19)16-23/h7-16,21,29H,2,4-6,17H2,1,3H3,(H,31,32)/b13-11-,24-18-/t21-/m0/s1. The van der Waals surface area contributed by atoms with E-state index in [0.717, 1.165) is 41.6 Å². The highest BCUT2D eigenvalue weighted by molar-refractivity contribution is 5.90. The maximum atomic E-state index is 11.5. The van der Waals surface area contributed by atoms with Crippen molar-refractivity contribution in [3.8, 4) is 0 Å². The average molecular weight is 444 g/mol. The van der Waals surface area contributed by atoms with Crippen LogP contribution in [0.3, 0.4) is 0 Å². The summed E-state index contributed by atoms with van der Waals surface area (Å²) >= 11 is 0. The van der Waals surface area contributed by atoms with Gasteiger partial charge in [-0.25, -0.2) is 4.79 Å². The molecule has 2 N–H and O–H groups in total. The molecule has 3 aromatic rings. The van der Waals surface area contributed by atoms with Crippen LogP contribution in [0.5, 0.6) is 0 Å². The first kappa shape index (κ1) is 22.4. The Bertz CT molecular complexity index is 1240. The molecule has 1 aliphatic carbocycles. The first-order valence-corrected chi connectivity index (χ1v) is 11.1. The third-order valence-electron chi connectivity index (χ3n) is 6.37. The van der Waals surface area contributed by atoms with E-state index < -0.39 is 5.97 Å². The molecule has 33 heavy (non-hydrogen) atoms. The lowest BCUT2D eigenvalue weighted by Gasteiger charge is -2.28. The van der Waals surface area contributed by atoms with Crippen LogP contribution in [0.1, 0.15) is 36.8 Å². The van der Waals surface area contributed by atoms with Gasteiger partial charge < -0.3 is 19.7 Å². The number of furan rings is 1. The zero-order valence-electron chi connectivity index (χ0n) is 19.0. The molecule has 1 aromatic heterocycles. The molecule has 0 saturated heterocycles. The lowest BCUT2D eigenvalue weighted by Crippen LogP contribution is -2.25. The van der Waals surface area contributed by atoms with Crippen molar-refractivity contribution in [2.75, 3.05) is 18.5 Å². The number of benzene rings is 2. The maximum absolute atomic E-state index is 11.5. The Balaban J connectivity index is 1.52. The number of carboxylic acids is 1. The largest absolute Gasteiger partial charge is 0.478 e. The molecule has 2 aromatic carbocycles. The first-order valence-electron chi connectivity index (χ1n) is 11.1. The summed E-state index contributed by atoms with van der Waals surface area (Å²) in [6, 6.07) is 14.9. The second-order valence-electron chi connectivity index (χ2n) is 8.40. The molecular formula is C27H29N3O3. The van der Waals surface area contributed by atoms with Gasteiger partial charge in [0.1, 0.15) is 5.58 Å². The normalized spacial score (nSPS) is 16.4. The van der Waals surface area contributed by atoms with Gasteiger partial charge in [0.2, 0.25) is 0 Å². The number of nitrogens with zero attached hydrogens (tertiary/aromatic N) is 2. The summed E-state index contributed by atoms with van der Waals surface area (Å²) in [5, 5.41) is 13.9. The Labute approximate surface area is 193 Å². The van der Waals surface area contributed by atoms with Crippen LogP contribution < -0.4 is 10.2 Å². The second-order valence-corrected chi connectivity index (χ2v) is 8.40. The molecule has 0 radical (unpaired) electrons. The third-order valence-corrected chi connectivity index (χ3v) is 6.37. The van der Waals surface area contributed by atoms with Crippen molar-refractivity contribution in [3.63, 3.8) is 0 Å². The van der Waals surface area contributed by atoms with Crippen molar-refractivity contribution in [2.45, 2.75) is 32.1 Å². The van der Waals surface area contributed by atoms with Gasteiger partial charge in [-0.15, -0.1) is 0 Å². The number of rotatable bonds is 8. The molecular weight excluding hydrogens is 414 g/mol. The van der Waals surface area contributed by atoms with E-state index in [4.69, 9.17) is 4.42 Å². The van der Waals surface area contributed by atoms with Gasteiger partial charge in [0.25, 0.3) is 0 Å². The minimum Gasteiger partial charge on any atom is -0.478 e. The van der Waals surface area contributed by atoms with Gasteiger partial charge in [0.15, 0.2) is 0 Å². The number of aryl methyl sites for hydroxylation is 1. The average Bonchev–Trinajstić information content (AvgIpc) is 3.29. The topological polar surface area (TPSA) is 78.1 Å². The molecule has 4 rings (SSSR count). The van der Waals surface area contributed by atoms with E-state index in [2.05, 4.69) is 65.4 Å². The van der Waals surface area contributed by atoms with E-state index in [9.17, 15) is 9.90 Å². The summed E-state index contributed by atoms with van der Waals surface area (Å²) in [6.07, 6.45) is 7.81. The molecule has 0 fully saturated rings. The molecule has 1 heterocycles. The highest BCUT2D eigenvalue weighted by Crippen LogP contribution is 2.35. The van der Waals surface area contributed by atoms with Crippen LogP contribution >= 0.6 is 0 Å². The Morgan fingerprint density at radius 2 is 2.06 bits per heavy atom. The lowest BCUT2D eigenvalue weighted by molar-refractivity contribution is -0.132. The zero-order chi connectivity index (χ0) is 23.4. The predicted octanol–water partition coefficient (Wildman–Crippen LogP) is 5.78. The summed E-state index contributed by atoms with van der Waals surface area (Å²) in [7, 11) is 2.07. The highest BCUT2D eigenvalue weighted by atomic mass is 16.4. The maximum Gasteiger partial charge on any atom is 0.337 e. The van der Waals surface area contributed by atoms with E-state index in [0.29, 0.717) is 18.2 Å². The van der Waals surface area contributed by atoms with Crippen LogP contribution in [-0.4, -0.2) is 31.4 Å². The Hall–Kier alpha value is -3.80. The van der Waals surface area contributed by atoms with Gasteiger partial charge in [-0.05, 0) is 80.4 Å². The SMILES string of the molecule is C=N/C=C\C(C(=O)O)=C(/C)NC[C@@H]1CCCc2cc(N(C)c3ccc4ccoc4c3)ccc21. The van der Waals surface area contributed by atoms with Crippen LogP contribution in [-0.2, 0) is 11.2 Å². The van der Waals surface area contributed by atoms with E-state index in [-0.39, 0.29) is 5.57 Å². The van der Waals surface area contributed by atoms with Crippen molar-refractivity contribution in [1.29, 1.82) is 0 Å². The molecule has 170 valence electrons. The van der Waals surface area contributed by atoms with Crippen molar-refractivity contribution in [3.05, 3.63) is 83.4 Å². The number of hydrogen-bond donors (Lipinski definition) is 2. The number of aliphatic carboxylic acids is 1. The predicted molar refractivity (Wildman–Crippen MR) is 133 cm³/mol. The lowest BCUT2D eigenvalue weighted by atomic mass is 9.82. The summed E-state index contributed by atoms with van der Waals surface area (Å²) in [5.74, 6) is -0.650. The number of allylic oxidation sites excluding steroid dienone is 1. The van der Waals surface area contributed by atoms with Gasteiger partial charge in [0.05, 0.1) is 11.8 Å². The fourth-order valence-electron chi connectivity index (χ4n) is 4.48. The highest BCUT2D eigenvalue weighted by Gasteiger charge is 2.22. The molecule has 1 aliphatic rings. The number of nitrogens with one attached hydrogen (secondary N) is 1. The number of carboxylic acid groups (broad SMARTS) is 1. The fourth-order valence-corrected chi connectivity index (χ4v) is 4.48. The van der Waals surface area contributed by atoms with Crippen LogP contribution in [0.2, 0.25) is 0 Å². The van der Waals surface area contributed by atoms with E-state index in [1.807, 2.05) is 6.07 Å². The van der Waals surface area contributed by atoms with E-state index >= 15 is 0 Å². The van der Waals surface area contributed by atoms with Crippen molar-refractivity contribution >= 4 is 35.0 Å². The Morgan fingerprint density at radius 1 is 1.27 bits per heavy atom. The summed E-state index contributed by atoms with van der Waals surface area (Å²) < 4.78 is 5.56. The van der Waals surface area contributed by atoms with Crippen molar-refractivity contribution < 1.29 is 14.3 Å². The zero-order valence-corrected chi connectivity index (χ0v) is 19.0. The fraction of sp³-hybridized carbons (Fsp3) is 0.259. The molecule has 1 atom stereocenters. The number of fused-ring (bicyclic) bond motifs is 2. The molecule has 0 unspecified atom stereocenters. The smallest absolute Gasteiger partial charge is 0.337 e. The molecule has 6 nitrogen and oxygen atoms in total. The minimum absolute atomic E-state index is 0.198. The third kappa shape index (κ3) is 4.85. The van der Waals surface area contributed by atoms with Gasteiger partial charge in [-0.1, -0.05) is 6.07 Å². The molecule has 0 spiro atoms. The summed E-state index contributed by atoms with van der Waals surface area (Å²) in [6.45, 7) is 5.84. The summed E-state index contributed by atoms with van der Waals surface area (Å²) in [4.78, 5) is 17.3. The van der Waals surface area contributed by atoms with Gasteiger partial charge in [0, 0.05) is 54.2 Å². The van der Waals surface area contributed by atoms with Crippen LogP contribution in [0, 0.1) is 0 Å². The minimum atomic E-state index is -0.982. The van der Waals surface area contributed by atoms with Crippen LogP contribution in [0.4, 0.5) is 11.4 Å². The molecule has 6 heteroatoms. The number of aliphatic imine (C=N–C) groups is 1. The van der Waals surface area contributed by atoms with Gasteiger partial charge >= 0.3 is 5.97 Å². The quantitative estimate of drug-likeness (QED) is 0.262. The number of anilines is 2. The summed E-state index contributed by atoms with van der Waals surface area (Å²) in [5.41, 5.74) is 6.61. The Morgan fingerprint density at radius 3 is 2.85 bits per heavy atom.